The van der Waals surface area contributed by atoms with Gasteiger partial charge in [0.15, 0.2) is 0 Å². The van der Waals surface area contributed by atoms with Gasteiger partial charge in [0.05, 0.1) is 16.8 Å². The molecular weight excluding hydrogens is 583 g/mol. The molecule has 0 saturated carbocycles. The van der Waals surface area contributed by atoms with E-state index in [2.05, 4.69) is 0 Å². The first kappa shape index (κ1) is 31.1. The highest BCUT2D eigenvalue weighted by atomic mass is 33.1. The summed E-state index contributed by atoms with van der Waals surface area (Å²) in [5.41, 5.74) is 0.402. The zero-order valence-electron chi connectivity index (χ0n) is 25.0. The van der Waals surface area contributed by atoms with Crippen LogP contribution in [0.3, 0.4) is 0 Å². The van der Waals surface area contributed by atoms with Crippen LogP contribution in [-0.4, -0.2) is 29.4 Å². The zero-order chi connectivity index (χ0) is 31.0. The van der Waals surface area contributed by atoms with Crippen LogP contribution in [-0.2, 0) is 20.5 Å². The summed E-state index contributed by atoms with van der Waals surface area (Å²) < 4.78 is 23.4. The Balaban J connectivity index is 1.27. The lowest BCUT2D eigenvalue weighted by molar-refractivity contribution is -0.118. The minimum absolute atomic E-state index is 0.0334. The summed E-state index contributed by atoms with van der Waals surface area (Å²) in [6.45, 7) is 11.9. The lowest BCUT2D eigenvalue weighted by atomic mass is 9.72. The molecule has 0 atom stereocenters. The third-order valence-corrected chi connectivity index (χ3v) is 10.4. The Hall–Kier alpha value is -3.31. The van der Waals surface area contributed by atoms with Crippen molar-refractivity contribution < 1.29 is 28.1 Å². The standard InChI is InChI=1S/C33H33BO7S2/c1-31(2,20-22-11-7-9-13-25(22)34-40-32(3,4)33(5,6)41-34)30(37)43-42-27-14-10-8-12-24(27)29(36)38-23-17-15-21-16-18-28(35)39-26(21)19-23/h7-19H,20H2,1-6H3. The molecule has 1 saturated heterocycles. The fourth-order valence-corrected chi connectivity index (χ4v) is 7.06. The molecule has 1 aliphatic rings. The lowest BCUT2D eigenvalue weighted by Crippen LogP contribution is -2.41. The molecule has 3 aromatic carbocycles. The molecule has 0 radical (unpaired) electrons. The van der Waals surface area contributed by atoms with E-state index in [-0.39, 0.29) is 10.9 Å². The van der Waals surface area contributed by atoms with Gasteiger partial charge in [-0.2, -0.15) is 0 Å². The molecule has 4 aromatic rings. The molecule has 2 heterocycles. The Labute approximate surface area is 259 Å². The highest BCUT2D eigenvalue weighted by Crippen LogP contribution is 2.41. The fourth-order valence-electron chi connectivity index (χ4n) is 4.61. The molecule has 222 valence electrons. The summed E-state index contributed by atoms with van der Waals surface area (Å²) in [6, 6.07) is 22.7. The molecule has 1 aliphatic heterocycles. The molecule has 1 aromatic heterocycles. The van der Waals surface area contributed by atoms with Gasteiger partial charge < -0.3 is 18.5 Å². The van der Waals surface area contributed by atoms with Gasteiger partial charge >= 0.3 is 18.7 Å². The molecule has 5 rings (SSSR count). The number of hydrogen-bond donors (Lipinski definition) is 0. The van der Waals surface area contributed by atoms with Crippen LogP contribution in [0.2, 0.25) is 0 Å². The topological polar surface area (TPSA) is 92.0 Å². The van der Waals surface area contributed by atoms with Gasteiger partial charge in [-0.25, -0.2) is 9.59 Å². The first-order valence-corrected chi connectivity index (χ1v) is 16.1. The highest BCUT2D eigenvalue weighted by Gasteiger charge is 2.52. The van der Waals surface area contributed by atoms with Crippen LogP contribution in [0.15, 0.2) is 93.0 Å². The SMILES string of the molecule is CC(C)(Cc1ccccc1B1OC(C)(C)C(C)(C)O1)C(=O)SSc1ccccc1C(=O)Oc1ccc2ccc(=O)oc2c1. The van der Waals surface area contributed by atoms with Gasteiger partial charge in [-0.1, -0.05) is 50.2 Å². The maximum Gasteiger partial charge on any atom is 0.495 e. The van der Waals surface area contributed by atoms with Gasteiger partial charge in [0, 0.05) is 27.8 Å². The van der Waals surface area contributed by atoms with E-state index < -0.39 is 35.3 Å². The number of ether oxygens (including phenoxy) is 1. The number of esters is 1. The minimum Gasteiger partial charge on any atom is -0.423 e. The molecule has 7 nitrogen and oxygen atoms in total. The number of carbonyl (C=O) groups excluding carboxylic acids is 2. The first-order valence-electron chi connectivity index (χ1n) is 13.9. The molecule has 1 fully saturated rings. The predicted octanol–water partition coefficient (Wildman–Crippen LogP) is 6.85. The van der Waals surface area contributed by atoms with Crippen LogP contribution in [0.25, 0.3) is 11.0 Å². The van der Waals surface area contributed by atoms with Crippen molar-refractivity contribution in [2.75, 3.05) is 0 Å². The molecule has 0 amide bonds. The number of carbonyl (C=O) groups is 2. The van der Waals surface area contributed by atoms with Crippen LogP contribution in [0.5, 0.6) is 5.75 Å². The van der Waals surface area contributed by atoms with Crippen LogP contribution in [0.4, 0.5) is 0 Å². The molecule has 0 spiro atoms. The van der Waals surface area contributed by atoms with Crippen LogP contribution in [0.1, 0.15) is 57.5 Å². The van der Waals surface area contributed by atoms with Crippen molar-refractivity contribution in [3.05, 3.63) is 100 Å². The maximum atomic E-state index is 13.5. The Morgan fingerprint density at radius 1 is 0.884 bits per heavy atom. The van der Waals surface area contributed by atoms with Crippen molar-refractivity contribution in [3.8, 4) is 5.75 Å². The van der Waals surface area contributed by atoms with Crippen molar-refractivity contribution in [2.24, 2.45) is 5.41 Å². The van der Waals surface area contributed by atoms with E-state index >= 15 is 0 Å². The summed E-state index contributed by atoms with van der Waals surface area (Å²) in [5, 5.41) is 0.681. The monoisotopic (exact) mass is 616 g/mol. The molecule has 0 bridgehead atoms. The smallest absolute Gasteiger partial charge is 0.423 e. The first-order chi connectivity index (χ1) is 20.3. The van der Waals surface area contributed by atoms with E-state index in [1.165, 1.54) is 22.9 Å². The fraction of sp³-hybridized carbons (Fsp3) is 0.303. The van der Waals surface area contributed by atoms with E-state index in [4.69, 9.17) is 18.5 Å². The van der Waals surface area contributed by atoms with E-state index in [0.29, 0.717) is 27.8 Å². The van der Waals surface area contributed by atoms with Crippen molar-refractivity contribution >= 4 is 56.2 Å². The van der Waals surface area contributed by atoms with Crippen LogP contribution in [0, 0.1) is 5.41 Å². The van der Waals surface area contributed by atoms with Crippen molar-refractivity contribution in [2.45, 2.75) is 64.1 Å². The maximum absolute atomic E-state index is 13.5. The van der Waals surface area contributed by atoms with Gasteiger partial charge in [0.2, 0.25) is 5.12 Å². The summed E-state index contributed by atoms with van der Waals surface area (Å²) in [5.74, 6) is -0.332. The number of benzene rings is 3. The number of rotatable bonds is 8. The molecule has 43 heavy (non-hydrogen) atoms. The highest BCUT2D eigenvalue weighted by molar-refractivity contribution is 8.82. The van der Waals surface area contributed by atoms with E-state index in [1.807, 2.05) is 65.8 Å². The Morgan fingerprint density at radius 2 is 1.53 bits per heavy atom. The quantitative estimate of drug-likeness (QED) is 0.0693. The van der Waals surface area contributed by atoms with Gasteiger partial charge in [0.1, 0.15) is 11.3 Å². The summed E-state index contributed by atoms with van der Waals surface area (Å²) in [7, 11) is 1.79. The second kappa shape index (κ2) is 12.0. The van der Waals surface area contributed by atoms with E-state index in [9.17, 15) is 14.4 Å². The summed E-state index contributed by atoms with van der Waals surface area (Å²) >= 11 is 0. The summed E-state index contributed by atoms with van der Waals surface area (Å²) in [4.78, 5) is 38.9. The summed E-state index contributed by atoms with van der Waals surface area (Å²) in [6.07, 6.45) is 0.488. The third kappa shape index (κ3) is 6.78. The Kier molecular flexibility index (Phi) is 8.69. The van der Waals surface area contributed by atoms with Crippen LogP contribution < -0.4 is 15.8 Å². The lowest BCUT2D eigenvalue weighted by Gasteiger charge is -2.32. The van der Waals surface area contributed by atoms with Gasteiger partial charge in [-0.15, -0.1) is 0 Å². The van der Waals surface area contributed by atoms with Crippen LogP contribution >= 0.6 is 21.6 Å². The Bertz CT molecular complexity index is 1730. The van der Waals surface area contributed by atoms with E-state index in [1.54, 1.807) is 42.5 Å². The van der Waals surface area contributed by atoms with Crippen molar-refractivity contribution in [3.63, 3.8) is 0 Å². The largest absolute Gasteiger partial charge is 0.495 e. The Morgan fingerprint density at radius 3 is 2.28 bits per heavy atom. The number of hydrogen-bond acceptors (Lipinski definition) is 9. The molecule has 10 heteroatoms. The van der Waals surface area contributed by atoms with Gasteiger partial charge in [-0.05, 0) is 97.1 Å². The second-order valence-electron chi connectivity index (χ2n) is 12.1. The molecule has 0 aliphatic carbocycles. The van der Waals surface area contributed by atoms with Crippen molar-refractivity contribution in [1.82, 2.24) is 0 Å². The zero-order valence-corrected chi connectivity index (χ0v) is 26.6. The molecule has 0 unspecified atom stereocenters. The van der Waals surface area contributed by atoms with Gasteiger partial charge in [0.25, 0.3) is 0 Å². The molecular formula is C33H33BO7S2. The second-order valence-corrected chi connectivity index (χ2v) is 14.3. The average molecular weight is 617 g/mol. The minimum atomic E-state index is -0.720. The third-order valence-electron chi connectivity index (χ3n) is 7.87. The van der Waals surface area contributed by atoms with Gasteiger partial charge in [-0.3, -0.25) is 4.79 Å². The van der Waals surface area contributed by atoms with E-state index in [0.717, 1.165) is 21.8 Å². The normalized spacial score (nSPS) is 15.9. The van der Waals surface area contributed by atoms with Crippen molar-refractivity contribution in [1.29, 1.82) is 0 Å². The average Bonchev–Trinajstić information content (AvgIpc) is 3.17. The predicted molar refractivity (Wildman–Crippen MR) is 172 cm³/mol. The number of fused-ring (bicyclic) bond motifs is 1. The molecule has 0 N–H and O–H groups in total.